The number of nitrogens with one attached hydrogen (secondary N) is 2. The van der Waals surface area contributed by atoms with E-state index in [1.165, 1.54) is 6.20 Å². The van der Waals surface area contributed by atoms with Crippen LogP contribution >= 0.6 is 0 Å². The fourth-order valence-electron chi connectivity index (χ4n) is 2.11. The molecule has 0 bridgehead atoms. The number of likely N-dealkylation sites (N-methyl/N-ethyl adjacent to an activating group) is 1. The molecule has 2 rings (SSSR count). The Balaban J connectivity index is 2.00. The number of carbonyl (C=O) groups is 1. The van der Waals surface area contributed by atoms with Gasteiger partial charge >= 0.3 is 0 Å². The van der Waals surface area contributed by atoms with Crippen LogP contribution < -0.4 is 0 Å². The zero-order valence-corrected chi connectivity index (χ0v) is 11.8. The molecule has 1 amide bonds. The largest absolute Gasteiger partial charge is 0.356 e. The molecule has 0 saturated heterocycles. The van der Waals surface area contributed by atoms with Gasteiger partial charge in [-0.05, 0) is 31.9 Å². The van der Waals surface area contributed by atoms with E-state index in [0.29, 0.717) is 17.8 Å². The molecule has 0 unspecified atom stereocenters. The topological polar surface area (TPSA) is 88.6 Å². The summed E-state index contributed by atoms with van der Waals surface area (Å²) in [5, 5.41) is 15.8. The van der Waals surface area contributed by atoms with E-state index in [1.54, 1.807) is 18.0 Å². The Labute approximate surface area is 117 Å². The third-order valence-corrected chi connectivity index (χ3v) is 3.37. The van der Waals surface area contributed by atoms with Gasteiger partial charge in [0.05, 0.1) is 11.3 Å². The number of aromatic nitrogens is 3. The highest BCUT2D eigenvalue weighted by Crippen LogP contribution is 2.11. The monoisotopic (exact) mass is 271 g/mol. The minimum Gasteiger partial charge on any atom is -0.356 e. The molecule has 6 heteroatoms. The number of carbonyl (C=O) groups excluding carboxylic acids is 1. The molecule has 0 saturated carbocycles. The van der Waals surface area contributed by atoms with Crippen molar-refractivity contribution in [3.63, 3.8) is 0 Å². The number of nitrogens with zero attached hydrogens (tertiary/aromatic N) is 3. The number of aryl methyl sites for hydroxylation is 2. The summed E-state index contributed by atoms with van der Waals surface area (Å²) in [6.45, 7) is 4.52. The van der Waals surface area contributed by atoms with Crippen molar-refractivity contribution in [1.82, 2.24) is 20.1 Å². The molecule has 6 nitrogen and oxygen atoms in total. The van der Waals surface area contributed by atoms with E-state index in [2.05, 4.69) is 15.2 Å². The van der Waals surface area contributed by atoms with Crippen LogP contribution in [0, 0.1) is 25.2 Å². The first-order chi connectivity index (χ1) is 9.52. The third-order valence-electron chi connectivity index (χ3n) is 3.37. The van der Waals surface area contributed by atoms with Crippen molar-refractivity contribution in [1.29, 1.82) is 5.26 Å². The van der Waals surface area contributed by atoms with Crippen LogP contribution in [0.2, 0.25) is 0 Å². The van der Waals surface area contributed by atoms with Gasteiger partial charge in [0.25, 0.3) is 5.91 Å². The summed E-state index contributed by atoms with van der Waals surface area (Å²) in [7, 11) is 1.75. The Hall–Kier alpha value is -2.55. The summed E-state index contributed by atoms with van der Waals surface area (Å²) >= 11 is 0. The van der Waals surface area contributed by atoms with E-state index in [1.807, 2.05) is 19.9 Å². The fraction of sp³-hybridized carbons (Fsp3) is 0.357. The number of hydrogen-bond donors (Lipinski definition) is 2. The lowest BCUT2D eigenvalue weighted by Crippen LogP contribution is -2.29. The lowest BCUT2D eigenvalue weighted by atomic mass is 10.1. The van der Waals surface area contributed by atoms with Crippen LogP contribution in [-0.4, -0.2) is 39.6 Å². The van der Waals surface area contributed by atoms with Crippen LogP contribution in [0.5, 0.6) is 0 Å². The Kier molecular flexibility index (Phi) is 3.89. The summed E-state index contributed by atoms with van der Waals surface area (Å²) in [6.07, 6.45) is 2.29. The van der Waals surface area contributed by atoms with E-state index in [0.717, 1.165) is 23.4 Å². The molecule has 2 aromatic heterocycles. The summed E-state index contributed by atoms with van der Waals surface area (Å²) in [4.78, 5) is 16.6. The number of H-pyrrole nitrogens is 2. The second kappa shape index (κ2) is 5.61. The quantitative estimate of drug-likeness (QED) is 0.884. The Morgan fingerprint density at radius 2 is 2.25 bits per heavy atom. The van der Waals surface area contributed by atoms with E-state index in [4.69, 9.17) is 5.26 Å². The Morgan fingerprint density at radius 3 is 2.80 bits per heavy atom. The number of aromatic amines is 2. The van der Waals surface area contributed by atoms with Crippen molar-refractivity contribution in [2.45, 2.75) is 20.3 Å². The van der Waals surface area contributed by atoms with Gasteiger partial charge in [-0.3, -0.25) is 9.89 Å². The zero-order chi connectivity index (χ0) is 14.7. The van der Waals surface area contributed by atoms with E-state index in [9.17, 15) is 4.79 Å². The minimum absolute atomic E-state index is 0.120. The van der Waals surface area contributed by atoms with Crippen LogP contribution in [0.15, 0.2) is 12.3 Å². The maximum atomic E-state index is 12.2. The van der Waals surface area contributed by atoms with E-state index in [-0.39, 0.29) is 5.91 Å². The van der Waals surface area contributed by atoms with Crippen molar-refractivity contribution in [2.75, 3.05) is 13.6 Å². The van der Waals surface area contributed by atoms with Crippen LogP contribution in [0.3, 0.4) is 0 Å². The normalized spacial score (nSPS) is 10.3. The fourth-order valence-corrected chi connectivity index (χ4v) is 2.11. The minimum atomic E-state index is -0.120. The predicted molar refractivity (Wildman–Crippen MR) is 74.2 cm³/mol. The third kappa shape index (κ3) is 2.72. The van der Waals surface area contributed by atoms with Crippen molar-refractivity contribution >= 4 is 5.91 Å². The van der Waals surface area contributed by atoms with Gasteiger partial charge in [-0.2, -0.15) is 10.4 Å². The Morgan fingerprint density at radius 1 is 1.50 bits per heavy atom. The highest BCUT2D eigenvalue weighted by atomic mass is 16.2. The molecule has 104 valence electrons. The summed E-state index contributed by atoms with van der Waals surface area (Å²) in [6, 6.07) is 3.56. The molecular weight excluding hydrogens is 254 g/mol. The van der Waals surface area contributed by atoms with E-state index >= 15 is 0 Å². The molecule has 0 aliphatic carbocycles. The first-order valence-electron chi connectivity index (χ1n) is 6.37. The highest BCUT2D eigenvalue weighted by Gasteiger charge is 2.15. The van der Waals surface area contributed by atoms with Crippen LogP contribution in [0.4, 0.5) is 0 Å². The van der Waals surface area contributed by atoms with Crippen LogP contribution in [-0.2, 0) is 6.42 Å². The molecule has 2 aromatic rings. The smallest absolute Gasteiger partial charge is 0.270 e. The van der Waals surface area contributed by atoms with Crippen LogP contribution in [0.25, 0.3) is 0 Å². The van der Waals surface area contributed by atoms with Crippen molar-refractivity contribution < 1.29 is 4.79 Å². The van der Waals surface area contributed by atoms with Crippen molar-refractivity contribution in [2.24, 2.45) is 0 Å². The first-order valence-corrected chi connectivity index (χ1v) is 6.37. The molecule has 20 heavy (non-hydrogen) atoms. The first kappa shape index (κ1) is 13.9. The molecule has 0 aromatic carbocycles. The standard InChI is InChI=1S/C14H17N5O/c1-9-12(10(2)18-17-9)4-5-19(3)14(20)13-6-11(7-15)8-16-13/h6,8,16H,4-5H2,1-3H3,(H,17,18). The molecule has 0 aliphatic heterocycles. The summed E-state index contributed by atoms with van der Waals surface area (Å²) < 4.78 is 0. The maximum absolute atomic E-state index is 12.2. The maximum Gasteiger partial charge on any atom is 0.270 e. The molecular formula is C14H17N5O. The average molecular weight is 271 g/mol. The van der Waals surface area contributed by atoms with Gasteiger partial charge in [-0.1, -0.05) is 0 Å². The van der Waals surface area contributed by atoms with Gasteiger partial charge in [-0.25, -0.2) is 0 Å². The molecule has 0 spiro atoms. The van der Waals surface area contributed by atoms with Gasteiger partial charge < -0.3 is 9.88 Å². The molecule has 0 aliphatic rings. The van der Waals surface area contributed by atoms with Crippen molar-refractivity contribution in [3.05, 3.63) is 40.5 Å². The van der Waals surface area contributed by atoms with Gasteiger partial charge in [0.2, 0.25) is 0 Å². The molecule has 2 N–H and O–H groups in total. The molecule has 0 radical (unpaired) electrons. The molecule has 0 fully saturated rings. The number of rotatable bonds is 4. The zero-order valence-electron chi connectivity index (χ0n) is 11.8. The lowest BCUT2D eigenvalue weighted by molar-refractivity contribution is 0.0791. The van der Waals surface area contributed by atoms with E-state index < -0.39 is 0 Å². The predicted octanol–water partition coefficient (Wildman–Crippen LogP) is 1.54. The van der Waals surface area contributed by atoms with Gasteiger partial charge in [-0.15, -0.1) is 0 Å². The summed E-state index contributed by atoms with van der Waals surface area (Å²) in [5.41, 5.74) is 4.05. The molecule has 0 atom stereocenters. The second-order valence-corrected chi connectivity index (χ2v) is 4.80. The van der Waals surface area contributed by atoms with Crippen LogP contribution in [0.1, 0.15) is 33.0 Å². The lowest BCUT2D eigenvalue weighted by Gasteiger charge is -2.16. The average Bonchev–Trinajstić information content (AvgIpc) is 3.03. The number of nitriles is 1. The Bertz CT molecular complexity index is 642. The SMILES string of the molecule is Cc1n[nH]c(C)c1CCN(C)C(=O)c1cc(C#N)c[nH]1. The van der Waals surface area contributed by atoms with Gasteiger partial charge in [0, 0.05) is 25.5 Å². The number of hydrogen-bond acceptors (Lipinski definition) is 3. The van der Waals surface area contributed by atoms with Crippen molar-refractivity contribution in [3.8, 4) is 6.07 Å². The highest BCUT2D eigenvalue weighted by molar-refractivity contribution is 5.92. The summed E-state index contributed by atoms with van der Waals surface area (Å²) in [5.74, 6) is -0.120. The van der Waals surface area contributed by atoms with Gasteiger partial charge in [0.1, 0.15) is 11.8 Å². The molecule has 2 heterocycles. The van der Waals surface area contributed by atoms with Gasteiger partial charge in [0.15, 0.2) is 0 Å². The number of amides is 1. The second-order valence-electron chi connectivity index (χ2n) is 4.80.